The predicted molar refractivity (Wildman–Crippen MR) is 105 cm³/mol. The van der Waals surface area contributed by atoms with Crippen molar-refractivity contribution >= 4 is 23.5 Å². The van der Waals surface area contributed by atoms with Gasteiger partial charge in [0, 0.05) is 11.6 Å². The molecule has 0 unspecified atom stereocenters. The number of benzene rings is 2. The minimum atomic E-state index is -1.11. The van der Waals surface area contributed by atoms with E-state index < -0.39 is 36.5 Å². The maximum Gasteiger partial charge on any atom is 0.306 e. The molecule has 2 aliphatic rings. The van der Waals surface area contributed by atoms with Gasteiger partial charge in [-0.25, -0.2) is 4.39 Å². The van der Waals surface area contributed by atoms with Gasteiger partial charge in [-0.1, -0.05) is 35.9 Å². The number of nitrogens with zero attached hydrogens (tertiary/aromatic N) is 1. The van der Waals surface area contributed by atoms with Gasteiger partial charge in [-0.2, -0.15) is 0 Å². The van der Waals surface area contributed by atoms with Crippen molar-refractivity contribution in [3.05, 3.63) is 70.5 Å². The molecule has 1 aliphatic heterocycles. The third-order valence-corrected chi connectivity index (χ3v) is 5.64. The summed E-state index contributed by atoms with van der Waals surface area (Å²) in [6.07, 6.45) is -0.159. The molecule has 1 saturated heterocycles. The number of hydrogen-bond acceptors (Lipinski definition) is 3. The summed E-state index contributed by atoms with van der Waals surface area (Å²) in [7, 11) is 0. The Morgan fingerprint density at radius 2 is 1.90 bits per heavy atom. The van der Waals surface area contributed by atoms with Crippen LogP contribution in [0.1, 0.15) is 42.5 Å². The number of morpholine rings is 1. The molecule has 1 saturated carbocycles. The van der Waals surface area contributed by atoms with Crippen molar-refractivity contribution in [2.75, 3.05) is 6.54 Å². The summed E-state index contributed by atoms with van der Waals surface area (Å²) in [5.74, 6) is -1.48. The molecule has 0 spiro atoms. The Hall–Kier alpha value is -2.44. The van der Waals surface area contributed by atoms with Crippen molar-refractivity contribution in [3.63, 3.8) is 0 Å². The van der Waals surface area contributed by atoms with Crippen LogP contribution in [0.3, 0.4) is 0 Å². The van der Waals surface area contributed by atoms with Crippen LogP contribution in [0.5, 0.6) is 0 Å². The maximum absolute atomic E-state index is 14.0. The highest BCUT2D eigenvalue weighted by molar-refractivity contribution is 6.30. The van der Waals surface area contributed by atoms with E-state index in [2.05, 4.69) is 0 Å². The topological polar surface area (TPSA) is 66.8 Å². The number of carbonyl (C=O) groups excluding carboxylic acids is 1. The van der Waals surface area contributed by atoms with Gasteiger partial charge in [-0.05, 0) is 54.2 Å². The van der Waals surface area contributed by atoms with Crippen molar-refractivity contribution < 1.29 is 23.8 Å². The van der Waals surface area contributed by atoms with E-state index in [4.69, 9.17) is 16.3 Å². The first-order chi connectivity index (χ1) is 13.9. The predicted octanol–water partition coefficient (Wildman–Crippen LogP) is 4.37. The quantitative estimate of drug-likeness (QED) is 0.757. The van der Waals surface area contributed by atoms with E-state index >= 15 is 0 Å². The van der Waals surface area contributed by atoms with E-state index in [-0.39, 0.29) is 5.91 Å². The molecule has 152 valence electrons. The highest BCUT2D eigenvalue weighted by Gasteiger charge is 2.46. The lowest BCUT2D eigenvalue weighted by Gasteiger charge is -2.44. The summed E-state index contributed by atoms with van der Waals surface area (Å²) < 4.78 is 20.0. The highest BCUT2D eigenvalue weighted by Crippen LogP contribution is 2.45. The van der Waals surface area contributed by atoms with Gasteiger partial charge in [0.2, 0.25) is 0 Å². The number of hydrogen-bond donors (Lipinski definition) is 1. The van der Waals surface area contributed by atoms with Crippen molar-refractivity contribution in [2.45, 2.75) is 37.5 Å². The number of halogens is 2. The molecule has 0 radical (unpaired) electrons. The third-order valence-electron chi connectivity index (χ3n) is 5.39. The van der Waals surface area contributed by atoms with Gasteiger partial charge in [-0.3, -0.25) is 9.59 Å². The lowest BCUT2D eigenvalue weighted by molar-refractivity contribution is -0.179. The van der Waals surface area contributed by atoms with Gasteiger partial charge in [0.15, 0.2) is 0 Å². The third kappa shape index (κ3) is 4.43. The van der Waals surface area contributed by atoms with Crippen LogP contribution >= 0.6 is 11.6 Å². The summed E-state index contributed by atoms with van der Waals surface area (Å²) in [5.41, 5.74) is 1.38. The number of carboxylic acid groups (broad SMARTS) is 1. The first-order valence-corrected chi connectivity index (χ1v) is 9.99. The molecular weight excluding hydrogens is 397 g/mol. The molecular formula is C22H21ClFNO4. The number of ether oxygens (including phenoxy) is 1. The molecule has 4 rings (SSSR count). The second kappa shape index (κ2) is 8.13. The molecule has 1 heterocycles. The Kier molecular flexibility index (Phi) is 5.56. The molecule has 1 N–H and O–H groups in total. The summed E-state index contributed by atoms with van der Waals surface area (Å²) >= 11 is 6.04. The van der Waals surface area contributed by atoms with Crippen LogP contribution in [0.4, 0.5) is 4.39 Å². The van der Waals surface area contributed by atoms with Crippen molar-refractivity contribution in [1.82, 2.24) is 4.90 Å². The van der Waals surface area contributed by atoms with E-state index in [9.17, 15) is 19.1 Å². The summed E-state index contributed by atoms with van der Waals surface area (Å²) in [4.78, 5) is 26.2. The number of carbonyl (C=O) groups is 2. The maximum atomic E-state index is 14.0. The lowest BCUT2D eigenvalue weighted by atomic mass is 9.91. The van der Waals surface area contributed by atoms with Gasteiger partial charge < -0.3 is 14.7 Å². The standard InChI is InChI=1S/C22H21ClFNO4/c23-16-8-6-14(7-9-16)20-21(15-2-1-3-17(24)10-15)29-18(11-19(26)27)22(28)25(20)12-13-4-5-13/h1-3,6-10,13,18,20-21H,4-5,11-12H2,(H,26,27)/t18-,20+,21+/m0/s1. The zero-order valence-corrected chi connectivity index (χ0v) is 16.4. The van der Waals surface area contributed by atoms with Crippen LogP contribution in [-0.2, 0) is 14.3 Å². The van der Waals surface area contributed by atoms with Crippen LogP contribution in [0.15, 0.2) is 48.5 Å². The molecule has 2 fully saturated rings. The smallest absolute Gasteiger partial charge is 0.306 e. The largest absolute Gasteiger partial charge is 0.481 e. The lowest BCUT2D eigenvalue weighted by Crippen LogP contribution is -2.52. The molecule has 5 nitrogen and oxygen atoms in total. The van der Waals surface area contributed by atoms with Gasteiger partial charge >= 0.3 is 5.97 Å². The molecule has 29 heavy (non-hydrogen) atoms. The fourth-order valence-corrected chi connectivity index (χ4v) is 3.96. The molecule has 2 aromatic carbocycles. The van der Waals surface area contributed by atoms with Crippen molar-refractivity contribution in [2.24, 2.45) is 5.92 Å². The van der Waals surface area contributed by atoms with Crippen LogP contribution in [-0.4, -0.2) is 34.5 Å². The van der Waals surface area contributed by atoms with Crippen LogP contribution in [0, 0.1) is 11.7 Å². The van der Waals surface area contributed by atoms with E-state index in [1.165, 1.54) is 12.1 Å². The number of carboxylic acids is 1. The second-order valence-corrected chi connectivity index (χ2v) is 8.06. The van der Waals surface area contributed by atoms with Crippen LogP contribution in [0.25, 0.3) is 0 Å². The van der Waals surface area contributed by atoms with Gasteiger partial charge in [0.1, 0.15) is 18.0 Å². The van der Waals surface area contributed by atoms with Crippen molar-refractivity contribution in [3.8, 4) is 0 Å². The minimum absolute atomic E-state index is 0.341. The monoisotopic (exact) mass is 417 g/mol. The molecule has 3 atom stereocenters. The zero-order valence-electron chi connectivity index (χ0n) is 15.6. The fraction of sp³-hybridized carbons (Fsp3) is 0.364. The number of rotatable bonds is 6. The number of amides is 1. The first kappa shape index (κ1) is 19.9. The van der Waals surface area contributed by atoms with Crippen LogP contribution in [0.2, 0.25) is 5.02 Å². The summed E-state index contributed by atoms with van der Waals surface area (Å²) in [6.45, 7) is 0.525. The first-order valence-electron chi connectivity index (χ1n) is 9.61. The Bertz CT molecular complexity index is 915. The fourth-order valence-electron chi connectivity index (χ4n) is 3.83. The molecule has 2 aromatic rings. The van der Waals surface area contributed by atoms with Crippen LogP contribution < -0.4 is 0 Å². The SMILES string of the molecule is O=C(O)C[C@@H]1O[C@H](c2cccc(F)c2)[C@@H](c2ccc(Cl)cc2)N(CC2CC2)C1=O. The molecule has 1 aliphatic carbocycles. The summed E-state index contributed by atoms with van der Waals surface area (Å²) in [5, 5.41) is 9.82. The average Bonchev–Trinajstić information content (AvgIpc) is 3.49. The normalized spacial score (nSPS) is 24.6. The Balaban J connectivity index is 1.78. The van der Waals surface area contributed by atoms with E-state index in [0.29, 0.717) is 23.0 Å². The van der Waals surface area contributed by atoms with Gasteiger partial charge in [0.25, 0.3) is 5.91 Å². The minimum Gasteiger partial charge on any atom is -0.481 e. The van der Waals surface area contributed by atoms with Gasteiger partial charge in [-0.15, -0.1) is 0 Å². The molecule has 0 aromatic heterocycles. The number of aliphatic carboxylic acids is 1. The molecule has 7 heteroatoms. The van der Waals surface area contributed by atoms with E-state index in [1.807, 2.05) is 12.1 Å². The zero-order chi connectivity index (χ0) is 20.5. The molecule has 0 bridgehead atoms. The Morgan fingerprint density at radius 3 is 2.52 bits per heavy atom. The summed E-state index contributed by atoms with van der Waals surface area (Å²) in [6, 6.07) is 12.7. The van der Waals surface area contributed by atoms with Crippen molar-refractivity contribution in [1.29, 1.82) is 0 Å². The Morgan fingerprint density at radius 1 is 1.17 bits per heavy atom. The second-order valence-electron chi connectivity index (χ2n) is 7.63. The van der Waals surface area contributed by atoms with E-state index in [0.717, 1.165) is 18.4 Å². The Labute approximate surface area is 173 Å². The highest BCUT2D eigenvalue weighted by atomic mass is 35.5. The average molecular weight is 418 g/mol. The molecule has 1 amide bonds. The van der Waals surface area contributed by atoms with Gasteiger partial charge in [0.05, 0.1) is 12.5 Å². The van der Waals surface area contributed by atoms with E-state index in [1.54, 1.807) is 29.2 Å².